The van der Waals surface area contributed by atoms with Crippen molar-refractivity contribution in [3.8, 4) is 0 Å². The Balaban J connectivity index is 5.27. The molecule has 0 aromatic rings. The lowest BCUT2D eigenvalue weighted by Gasteiger charge is -2.12. The molecule has 0 saturated heterocycles. The fraction of sp³-hybridized carbons (Fsp3) is 0. The molecule has 0 spiro atoms. The van der Waals surface area contributed by atoms with Gasteiger partial charge in [-0.1, -0.05) is 0 Å². The summed E-state index contributed by atoms with van der Waals surface area (Å²) in [6.45, 7) is 0. The van der Waals surface area contributed by atoms with Gasteiger partial charge in [-0.15, -0.1) is 0 Å². The van der Waals surface area contributed by atoms with Crippen LogP contribution in [-0.2, 0) is 46.9 Å². The Labute approximate surface area is 107 Å². The van der Waals surface area contributed by atoms with Crippen LogP contribution in [-0.4, -0.2) is 51.1 Å². The van der Waals surface area contributed by atoms with Crippen molar-refractivity contribution in [2.24, 2.45) is 0 Å². The van der Waals surface area contributed by atoms with Crippen molar-refractivity contribution < 1.29 is 62.2 Å². The third-order valence-electron chi connectivity index (χ3n) is 1.11. The van der Waals surface area contributed by atoms with Gasteiger partial charge in [0.2, 0.25) is 0 Å². The van der Waals surface area contributed by atoms with Gasteiger partial charge in [-0.2, -0.15) is 4.57 Å². The summed E-state index contributed by atoms with van der Waals surface area (Å²) in [6.07, 6.45) is 0. The van der Waals surface area contributed by atoms with Gasteiger partial charge in [-0.25, -0.2) is 28.8 Å². The van der Waals surface area contributed by atoms with Gasteiger partial charge in [0.15, 0.2) is 0 Å². The number of phosphoric ester groups is 1. The summed E-state index contributed by atoms with van der Waals surface area (Å²) in [7, 11) is -5.74. The van der Waals surface area contributed by atoms with Crippen molar-refractivity contribution in [1.29, 1.82) is 0 Å². The molecule has 0 aliphatic rings. The van der Waals surface area contributed by atoms with E-state index in [1.54, 1.807) is 0 Å². The number of hydrogen-bond donors (Lipinski definition) is 3. The van der Waals surface area contributed by atoms with Crippen LogP contribution in [0, 0.1) is 0 Å². The van der Waals surface area contributed by atoms with E-state index in [1.165, 1.54) is 0 Å². The Morgan fingerprint density at radius 2 is 0.800 bits per heavy atom. The Morgan fingerprint density at radius 3 is 0.950 bits per heavy atom. The molecule has 0 saturated carbocycles. The first kappa shape index (κ1) is 17.1. The zero-order valence-corrected chi connectivity index (χ0v) is 9.77. The van der Waals surface area contributed by atoms with Crippen LogP contribution in [0.4, 0.5) is 0 Å². The third-order valence-corrected chi connectivity index (χ3v) is 2.28. The van der Waals surface area contributed by atoms with Gasteiger partial charge in [0.1, 0.15) is 0 Å². The topological polar surface area (TPSA) is 208 Å². The molecule has 0 aliphatic heterocycles. The molecule has 0 rings (SSSR count). The number of carbonyl (C=O) groups excluding carboxylic acids is 3. The summed E-state index contributed by atoms with van der Waals surface area (Å²) < 4.78 is 21.8. The molecule has 14 heteroatoms. The van der Waals surface area contributed by atoms with Crippen molar-refractivity contribution in [2.45, 2.75) is 0 Å². The van der Waals surface area contributed by atoms with Crippen LogP contribution in [0.25, 0.3) is 0 Å². The molecule has 0 amide bonds. The lowest BCUT2D eigenvalue weighted by Crippen LogP contribution is -2.24. The Hall–Kier alpha value is -2.95. The van der Waals surface area contributed by atoms with E-state index in [1.807, 2.05) is 0 Å². The predicted molar refractivity (Wildman–Crippen MR) is 48.8 cm³/mol. The van der Waals surface area contributed by atoms with E-state index in [-0.39, 0.29) is 0 Å². The van der Waals surface area contributed by atoms with Gasteiger partial charge >= 0.3 is 43.6 Å². The van der Waals surface area contributed by atoms with Gasteiger partial charge in [-0.05, 0) is 0 Å². The Morgan fingerprint density at radius 1 is 0.600 bits per heavy atom. The molecule has 0 unspecified atom stereocenters. The monoisotopic (exact) mass is 314 g/mol. The average Bonchev–Trinajstić information content (AvgIpc) is 2.27. The molecule has 3 N–H and O–H groups in total. The fourth-order valence-electron chi connectivity index (χ4n) is 0.478. The van der Waals surface area contributed by atoms with E-state index in [4.69, 9.17) is 15.3 Å². The van der Waals surface area contributed by atoms with Crippen LogP contribution in [0.1, 0.15) is 0 Å². The summed E-state index contributed by atoms with van der Waals surface area (Å²) >= 11 is 0. The summed E-state index contributed by atoms with van der Waals surface area (Å²) in [4.78, 5) is 62.1. The molecule has 0 aromatic heterocycles. The second kappa shape index (κ2) is 6.29. The third kappa shape index (κ3) is 5.14. The highest BCUT2D eigenvalue weighted by atomic mass is 31.2. The molecule has 13 nitrogen and oxygen atoms in total. The highest BCUT2D eigenvalue weighted by Crippen LogP contribution is 2.49. The summed E-state index contributed by atoms with van der Waals surface area (Å²) in [5.41, 5.74) is 0. The molecule has 0 atom stereocenters. The Kier molecular flexibility index (Phi) is 5.36. The van der Waals surface area contributed by atoms with Crippen LogP contribution in [0.3, 0.4) is 0 Å². The van der Waals surface area contributed by atoms with E-state index < -0.39 is 43.6 Å². The molecular formula is C6H3O13P. The molecule has 110 valence electrons. The first-order chi connectivity index (χ1) is 8.98. The average molecular weight is 314 g/mol. The van der Waals surface area contributed by atoms with Gasteiger partial charge < -0.3 is 28.9 Å². The van der Waals surface area contributed by atoms with Crippen molar-refractivity contribution in [3.63, 3.8) is 0 Å². The molecule has 20 heavy (non-hydrogen) atoms. The van der Waals surface area contributed by atoms with E-state index >= 15 is 0 Å². The Bertz CT molecular complexity index is 467. The lowest BCUT2D eigenvalue weighted by molar-refractivity contribution is -0.166. The van der Waals surface area contributed by atoms with E-state index in [0.717, 1.165) is 0 Å². The van der Waals surface area contributed by atoms with Crippen LogP contribution in [0.15, 0.2) is 0 Å². The molecule has 0 radical (unpaired) electrons. The maximum Gasteiger partial charge on any atom is 0.655 e. The molecule has 0 bridgehead atoms. The molecule has 0 heterocycles. The normalized spacial score (nSPS) is 10.0. The smallest absolute Gasteiger partial charge is 0.473 e. The maximum atomic E-state index is 11.4. The number of carboxylic acid groups (broad SMARTS) is 3. The maximum absolute atomic E-state index is 11.4. The highest BCUT2D eigenvalue weighted by Gasteiger charge is 2.44. The molecule has 0 aromatic carbocycles. The first-order valence-corrected chi connectivity index (χ1v) is 5.45. The second-order valence-electron chi connectivity index (χ2n) is 2.50. The minimum absolute atomic E-state index is 2.36. The van der Waals surface area contributed by atoms with Gasteiger partial charge in [-0.3, -0.25) is 0 Å². The summed E-state index contributed by atoms with van der Waals surface area (Å²) in [5, 5.41) is 24.4. The number of phosphoric acid groups is 1. The van der Waals surface area contributed by atoms with Crippen LogP contribution in [0.5, 0.6) is 0 Å². The first-order valence-electron chi connectivity index (χ1n) is 3.99. The number of hydrogen-bond acceptors (Lipinski definition) is 10. The van der Waals surface area contributed by atoms with Crippen molar-refractivity contribution in [2.75, 3.05) is 0 Å². The lowest BCUT2D eigenvalue weighted by atomic mass is 10.7. The number of aliphatic carboxylic acids is 3. The van der Waals surface area contributed by atoms with Crippen LogP contribution in [0.2, 0.25) is 0 Å². The minimum Gasteiger partial charge on any atom is -0.473 e. The number of carbonyl (C=O) groups is 6. The second-order valence-corrected chi connectivity index (χ2v) is 3.94. The van der Waals surface area contributed by atoms with Gasteiger partial charge in [0.25, 0.3) is 0 Å². The van der Waals surface area contributed by atoms with Crippen LogP contribution >= 0.6 is 7.82 Å². The molecule has 0 aliphatic carbocycles. The standard InChI is InChI=1S/C6H3O13P/c7-1(8)4(13)17-20(16,18-5(14)2(9)10)19-6(15)3(11)12/h(H,7,8)(H,9,10)(H,11,12). The highest BCUT2D eigenvalue weighted by molar-refractivity contribution is 7.50. The van der Waals surface area contributed by atoms with Gasteiger partial charge in [0.05, 0.1) is 0 Å². The number of carboxylic acids is 3. The molecular weight excluding hydrogens is 311 g/mol. The van der Waals surface area contributed by atoms with E-state index in [9.17, 15) is 33.3 Å². The zero-order chi connectivity index (χ0) is 16.1. The van der Waals surface area contributed by atoms with E-state index in [2.05, 4.69) is 13.6 Å². The zero-order valence-electron chi connectivity index (χ0n) is 8.87. The van der Waals surface area contributed by atoms with Crippen molar-refractivity contribution in [3.05, 3.63) is 0 Å². The summed E-state index contributed by atoms with van der Waals surface area (Å²) in [5.74, 6) is -14.2. The quantitative estimate of drug-likeness (QED) is 0.380. The molecule has 0 fully saturated rings. The minimum atomic E-state index is -5.74. The van der Waals surface area contributed by atoms with Crippen LogP contribution < -0.4 is 0 Å². The van der Waals surface area contributed by atoms with E-state index in [0.29, 0.717) is 0 Å². The fourth-order valence-corrected chi connectivity index (χ4v) is 1.43. The largest absolute Gasteiger partial charge is 0.655 e. The SMILES string of the molecule is O=C(O)C(=O)OP(=O)(OC(=O)C(=O)O)OC(=O)C(=O)O. The van der Waals surface area contributed by atoms with Crippen molar-refractivity contribution >= 4 is 43.6 Å². The predicted octanol–water partition coefficient (Wildman–Crippen LogP) is -2.02. The summed E-state index contributed by atoms with van der Waals surface area (Å²) in [6, 6.07) is 0. The van der Waals surface area contributed by atoms with Gasteiger partial charge in [0, 0.05) is 0 Å². The number of rotatable bonds is 3. The van der Waals surface area contributed by atoms with Crippen molar-refractivity contribution in [1.82, 2.24) is 0 Å².